The Balaban J connectivity index is 1.45. The molecule has 5 rings (SSSR count). The highest BCUT2D eigenvalue weighted by Gasteiger charge is 2.32. The molecule has 9 nitrogen and oxygen atoms in total. The van der Waals surface area contributed by atoms with Crippen LogP contribution < -0.4 is 11.1 Å². The summed E-state index contributed by atoms with van der Waals surface area (Å²) in [7, 11) is 1.74. The summed E-state index contributed by atoms with van der Waals surface area (Å²) in [6, 6.07) is 5.36. The van der Waals surface area contributed by atoms with Crippen molar-refractivity contribution in [3.8, 4) is 11.3 Å². The lowest BCUT2D eigenvalue weighted by Gasteiger charge is -2.36. The molecule has 12 heteroatoms. The quantitative estimate of drug-likeness (QED) is 0.430. The summed E-state index contributed by atoms with van der Waals surface area (Å²) in [5.74, 6) is 0.920. The number of aryl methyl sites for hydroxylation is 1. The first-order chi connectivity index (χ1) is 16.5. The minimum absolute atomic E-state index is 0.0977. The summed E-state index contributed by atoms with van der Waals surface area (Å²) in [5.41, 5.74) is 8.40. The number of nitrogens with zero attached hydrogens (tertiary/aromatic N) is 6. The van der Waals surface area contributed by atoms with Crippen molar-refractivity contribution in [2.45, 2.75) is 63.9 Å². The van der Waals surface area contributed by atoms with Gasteiger partial charge < -0.3 is 20.4 Å². The fraction of sp³-hybridized carbons (Fsp3) is 0.478. The molecule has 0 saturated heterocycles. The lowest BCUT2D eigenvalue weighted by atomic mass is 9.83. The molecular formula is C23H27F3N8O. The first-order valence-corrected chi connectivity index (χ1v) is 11.4. The Morgan fingerprint density at radius 3 is 2.60 bits per heavy atom. The van der Waals surface area contributed by atoms with E-state index in [0.717, 1.165) is 30.3 Å². The first kappa shape index (κ1) is 23.3. The number of imidazole rings is 1. The number of nitrogens with one attached hydrogen (secondary N) is 1. The lowest BCUT2D eigenvalue weighted by molar-refractivity contribution is -0.140. The average Bonchev–Trinajstić information content (AvgIpc) is 3.36. The second-order valence-electron chi connectivity index (χ2n) is 9.32. The number of hydrogen-bond acceptors (Lipinski definition) is 7. The van der Waals surface area contributed by atoms with E-state index in [2.05, 4.69) is 32.3 Å². The maximum absolute atomic E-state index is 13.1. The molecule has 0 aromatic carbocycles. The van der Waals surface area contributed by atoms with Crippen LogP contribution in [0.3, 0.4) is 0 Å². The van der Waals surface area contributed by atoms with Crippen molar-refractivity contribution in [2.75, 3.05) is 18.2 Å². The smallest absolute Gasteiger partial charge is 0.382 e. The van der Waals surface area contributed by atoms with Gasteiger partial charge in [-0.05, 0) is 57.7 Å². The van der Waals surface area contributed by atoms with Gasteiger partial charge >= 0.3 is 6.18 Å². The highest BCUT2D eigenvalue weighted by Crippen LogP contribution is 2.33. The van der Waals surface area contributed by atoms with Crippen LogP contribution in [-0.4, -0.2) is 54.1 Å². The minimum atomic E-state index is -4.39. The van der Waals surface area contributed by atoms with Crippen LogP contribution in [0.15, 0.2) is 24.4 Å². The molecule has 0 radical (unpaired) electrons. The zero-order chi connectivity index (χ0) is 25.0. The normalized spacial score (nSPS) is 21.1. The number of methoxy groups -OCH3 is 1. The van der Waals surface area contributed by atoms with E-state index < -0.39 is 12.7 Å². The molecule has 4 aromatic heterocycles. The van der Waals surface area contributed by atoms with Gasteiger partial charge in [0, 0.05) is 24.9 Å². The Hall–Kier alpha value is -3.41. The molecule has 3 N–H and O–H groups in total. The third-order valence-corrected chi connectivity index (χ3v) is 6.80. The van der Waals surface area contributed by atoms with Crippen LogP contribution in [-0.2, 0) is 11.3 Å². The van der Waals surface area contributed by atoms with Gasteiger partial charge in [-0.25, -0.2) is 14.5 Å². The molecule has 35 heavy (non-hydrogen) atoms. The number of fused-ring (bicyclic) bond motifs is 2. The molecule has 0 bridgehead atoms. The maximum atomic E-state index is 13.1. The number of halogens is 3. The molecule has 186 valence electrons. The number of ether oxygens (including phenoxy) is 1. The van der Waals surface area contributed by atoms with E-state index in [9.17, 15) is 13.2 Å². The molecule has 1 aliphatic carbocycles. The number of nitrogens with two attached hydrogens (primary N) is 1. The van der Waals surface area contributed by atoms with E-state index in [1.165, 1.54) is 6.92 Å². The molecule has 0 unspecified atom stereocenters. The number of hydrogen-bond donors (Lipinski definition) is 2. The van der Waals surface area contributed by atoms with Gasteiger partial charge in [-0.2, -0.15) is 18.2 Å². The van der Waals surface area contributed by atoms with Crippen molar-refractivity contribution in [3.05, 3.63) is 30.2 Å². The average molecular weight is 489 g/mol. The second-order valence-corrected chi connectivity index (χ2v) is 9.32. The van der Waals surface area contributed by atoms with E-state index in [1.54, 1.807) is 36.0 Å². The number of aromatic nitrogens is 6. The van der Waals surface area contributed by atoms with Crippen LogP contribution in [0.5, 0.6) is 0 Å². The Labute approximate surface area is 199 Å². The molecule has 0 amide bonds. The van der Waals surface area contributed by atoms with Gasteiger partial charge in [-0.1, -0.05) is 0 Å². The fourth-order valence-corrected chi connectivity index (χ4v) is 4.71. The summed E-state index contributed by atoms with van der Waals surface area (Å²) in [6.07, 6.45) is 1.08. The van der Waals surface area contributed by atoms with Crippen LogP contribution in [0.1, 0.15) is 38.4 Å². The summed E-state index contributed by atoms with van der Waals surface area (Å²) in [4.78, 5) is 13.2. The zero-order valence-electron chi connectivity index (χ0n) is 19.7. The molecule has 0 atom stereocenters. The number of anilines is 2. The van der Waals surface area contributed by atoms with Crippen molar-refractivity contribution >= 4 is 28.4 Å². The predicted molar refractivity (Wildman–Crippen MR) is 126 cm³/mol. The van der Waals surface area contributed by atoms with Gasteiger partial charge in [0.15, 0.2) is 11.5 Å². The van der Waals surface area contributed by atoms with Crippen LogP contribution in [0.4, 0.5) is 24.9 Å². The van der Waals surface area contributed by atoms with Gasteiger partial charge in [0.2, 0.25) is 5.95 Å². The molecule has 4 heterocycles. The Bertz CT molecular complexity index is 1390. The summed E-state index contributed by atoms with van der Waals surface area (Å²) in [5, 5.41) is 7.92. The maximum Gasteiger partial charge on any atom is 0.406 e. The van der Waals surface area contributed by atoms with E-state index in [1.807, 2.05) is 0 Å². The third kappa shape index (κ3) is 4.49. The number of nitrogen functional groups attached to an aromatic ring is 1. The molecule has 0 spiro atoms. The van der Waals surface area contributed by atoms with Crippen LogP contribution >= 0.6 is 0 Å². The van der Waals surface area contributed by atoms with E-state index in [4.69, 9.17) is 10.5 Å². The molecule has 1 aliphatic rings. The van der Waals surface area contributed by atoms with Crippen molar-refractivity contribution in [1.82, 2.24) is 29.1 Å². The van der Waals surface area contributed by atoms with Crippen molar-refractivity contribution < 1.29 is 17.9 Å². The van der Waals surface area contributed by atoms with E-state index >= 15 is 0 Å². The summed E-state index contributed by atoms with van der Waals surface area (Å²) >= 11 is 0. The standard InChI is InChI=1S/C23H27F3N8O/c1-13-28-17-5-4-16(30-20(17)33(13)12-23(24,25)26)15-8-11-34-18(15)19(27)31-21(32-34)29-14-6-9-22(2,35-3)10-7-14/h4-5,8,11,14H,6-7,9-10,12H2,1-3H3,(H3,27,29,31,32). The largest absolute Gasteiger partial charge is 0.406 e. The Morgan fingerprint density at radius 1 is 1.17 bits per heavy atom. The molecule has 0 aliphatic heterocycles. The predicted octanol–water partition coefficient (Wildman–Crippen LogP) is 4.35. The number of alkyl halides is 3. The topological polar surface area (TPSA) is 108 Å². The third-order valence-electron chi connectivity index (χ3n) is 6.80. The van der Waals surface area contributed by atoms with Gasteiger partial charge in [-0.3, -0.25) is 0 Å². The van der Waals surface area contributed by atoms with Crippen LogP contribution in [0.25, 0.3) is 27.9 Å². The van der Waals surface area contributed by atoms with E-state index in [-0.39, 0.29) is 28.9 Å². The highest BCUT2D eigenvalue weighted by molar-refractivity contribution is 5.88. The van der Waals surface area contributed by atoms with Crippen molar-refractivity contribution in [1.29, 1.82) is 0 Å². The summed E-state index contributed by atoms with van der Waals surface area (Å²) in [6.45, 7) is 2.49. The zero-order valence-corrected chi connectivity index (χ0v) is 19.7. The van der Waals surface area contributed by atoms with Gasteiger partial charge in [0.1, 0.15) is 23.4 Å². The van der Waals surface area contributed by atoms with Gasteiger partial charge in [-0.15, -0.1) is 5.10 Å². The highest BCUT2D eigenvalue weighted by atomic mass is 19.4. The van der Waals surface area contributed by atoms with Gasteiger partial charge in [0.05, 0.1) is 11.3 Å². The minimum Gasteiger partial charge on any atom is -0.382 e. The fourth-order valence-electron chi connectivity index (χ4n) is 4.71. The Kier molecular flexibility index (Phi) is 5.58. The van der Waals surface area contributed by atoms with Gasteiger partial charge in [0.25, 0.3) is 0 Å². The molecule has 1 saturated carbocycles. The van der Waals surface area contributed by atoms with Crippen LogP contribution in [0.2, 0.25) is 0 Å². The van der Waals surface area contributed by atoms with Crippen molar-refractivity contribution in [3.63, 3.8) is 0 Å². The monoisotopic (exact) mass is 488 g/mol. The van der Waals surface area contributed by atoms with Crippen molar-refractivity contribution in [2.24, 2.45) is 0 Å². The summed E-state index contributed by atoms with van der Waals surface area (Å²) < 4.78 is 47.6. The molecule has 1 fully saturated rings. The number of pyridine rings is 1. The number of rotatable bonds is 5. The second kappa shape index (κ2) is 8.36. The molecular weight excluding hydrogens is 461 g/mol. The van der Waals surface area contributed by atoms with E-state index in [0.29, 0.717) is 28.2 Å². The molecule has 4 aromatic rings. The van der Waals surface area contributed by atoms with Crippen LogP contribution in [0, 0.1) is 6.92 Å². The SMILES string of the molecule is COC1(C)CCC(Nc2nc(N)c3c(-c4ccc5nc(C)n(CC(F)(F)F)c5n4)ccn3n2)CC1. The lowest BCUT2D eigenvalue weighted by Crippen LogP contribution is -2.37. The first-order valence-electron chi connectivity index (χ1n) is 11.4. The Morgan fingerprint density at radius 2 is 1.91 bits per heavy atom.